The molecule has 5 rings (SSSR count). The van der Waals surface area contributed by atoms with Crippen LogP contribution in [0.15, 0.2) is 126 Å². The van der Waals surface area contributed by atoms with E-state index in [4.69, 9.17) is 14.7 Å². The maximum absolute atomic E-state index is 12.9. The zero-order valence-corrected chi connectivity index (χ0v) is 19.7. The molecule has 0 aliphatic rings. The van der Waals surface area contributed by atoms with Gasteiger partial charge in [0.1, 0.15) is 11.5 Å². The molecular formula is C30H22N2O2S. The fraction of sp³-hybridized carbons (Fsp3) is 0.0333. The third-order valence-corrected chi connectivity index (χ3v) is 6.18. The largest absolute Gasteiger partial charge is 0.457 e. The Morgan fingerprint density at radius 3 is 1.66 bits per heavy atom. The highest BCUT2D eigenvalue weighted by Gasteiger charge is 2.12. The molecule has 0 unspecified atom stereocenters. The van der Waals surface area contributed by atoms with Crippen molar-refractivity contribution in [2.75, 3.05) is 5.75 Å². The fourth-order valence-corrected chi connectivity index (χ4v) is 4.30. The molecule has 0 aliphatic carbocycles. The lowest BCUT2D eigenvalue weighted by atomic mass is 10.1. The minimum atomic E-state index is 0.0104. The standard InChI is InChI=1S/C30H22N2O2S/c33-29(24-16-18-26(19-17-24)34-25-14-8-3-9-15-25)21-35-30-31-27(22-10-4-1-5-11-22)20-28(32-30)23-12-6-2-7-13-23/h1-20H,21H2. The van der Waals surface area contributed by atoms with Crippen LogP contribution in [0.3, 0.4) is 0 Å². The third kappa shape index (κ3) is 5.83. The third-order valence-electron chi connectivity index (χ3n) is 5.33. The van der Waals surface area contributed by atoms with Crippen LogP contribution >= 0.6 is 11.8 Å². The first-order chi connectivity index (χ1) is 17.2. The number of ketones is 1. The highest BCUT2D eigenvalue weighted by atomic mass is 32.2. The second-order valence-corrected chi connectivity index (χ2v) is 8.75. The Morgan fingerprint density at radius 2 is 1.11 bits per heavy atom. The van der Waals surface area contributed by atoms with Crippen molar-refractivity contribution in [1.29, 1.82) is 0 Å². The quantitative estimate of drug-likeness (QED) is 0.132. The summed E-state index contributed by atoms with van der Waals surface area (Å²) in [6, 6.07) is 38.8. The number of Topliss-reactive ketones (excluding diaryl/α,β-unsaturated/α-hetero) is 1. The predicted molar refractivity (Wildman–Crippen MR) is 141 cm³/mol. The molecule has 4 nitrogen and oxygen atoms in total. The summed E-state index contributed by atoms with van der Waals surface area (Å²) in [5.41, 5.74) is 4.30. The molecule has 0 bridgehead atoms. The number of benzene rings is 4. The molecule has 0 N–H and O–H groups in total. The van der Waals surface area contributed by atoms with Gasteiger partial charge in [-0.1, -0.05) is 90.6 Å². The van der Waals surface area contributed by atoms with E-state index < -0.39 is 0 Å². The van der Waals surface area contributed by atoms with Gasteiger partial charge >= 0.3 is 0 Å². The smallest absolute Gasteiger partial charge is 0.189 e. The van der Waals surface area contributed by atoms with Crippen molar-refractivity contribution in [2.45, 2.75) is 5.16 Å². The summed E-state index contributed by atoms with van der Waals surface area (Å²) >= 11 is 1.34. The zero-order chi connectivity index (χ0) is 23.9. The van der Waals surface area contributed by atoms with Crippen molar-refractivity contribution < 1.29 is 9.53 Å². The Bertz CT molecular complexity index is 1350. The number of nitrogens with zero attached hydrogens (tertiary/aromatic N) is 2. The van der Waals surface area contributed by atoms with Crippen LogP contribution in [0.5, 0.6) is 11.5 Å². The molecule has 1 heterocycles. The van der Waals surface area contributed by atoms with E-state index >= 15 is 0 Å². The lowest BCUT2D eigenvalue weighted by Crippen LogP contribution is -2.04. The second-order valence-electron chi connectivity index (χ2n) is 7.80. The normalized spacial score (nSPS) is 10.6. The van der Waals surface area contributed by atoms with Crippen molar-refractivity contribution in [3.63, 3.8) is 0 Å². The molecule has 0 atom stereocenters. The number of carbonyl (C=O) groups excluding carboxylic acids is 1. The molecule has 5 heteroatoms. The van der Waals surface area contributed by atoms with Gasteiger partial charge in [-0.2, -0.15) is 0 Å². The van der Waals surface area contributed by atoms with Gasteiger partial charge in [0.15, 0.2) is 10.9 Å². The van der Waals surface area contributed by atoms with Crippen LogP contribution in [0.1, 0.15) is 10.4 Å². The lowest BCUT2D eigenvalue weighted by Gasteiger charge is -2.09. The molecule has 0 saturated heterocycles. The Labute approximate surface area is 208 Å². The molecule has 0 amide bonds. The molecule has 4 aromatic carbocycles. The number of hydrogen-bond acceptors (Lipinski definition) is 5. The summed E-state index contributed by atoms with van der Waals surface area (Å²) in [6.45, 7) is 0. The van der Waals surface area contributed by atoms with Gasteiger partial charge in [0.25, 0.3) is 0 Å². The highest BCUT2D eigenvalue weighted by molar-refractivity contribution is 7.99. The van der Waals surface area contributed by atoms with E-state index in [1.165, 1.54) is 11.8 Å². The van der Waals surface area contributed by atoms with Crippen LogP contribution in [0, 0.1) is 0 Å². The Morgan fingerprint density at radius 1 is 0.629 bits per heavy atom. The van der Waals surface area contributed by atoms with Gasteiger partial charge in [0, 0.05) is 16.7 Å². The van der Waals surface area contributed by atoms with E-state index in [9.17, 15) is 4.79 Å². The molecular weight excluding hydrogens is 452 g/mol. The van der Waals surface area contributed by atoms with Gasteiger partial charge in [-0.05, 0) is 42.5 Å². The van der Waals surface area contributed by atoms with E-state index in [1.807, 2.05) is 109 Å². The van der Waals surface area contributed by atoms with Crippen LogP contribution in [0.2, 0.25) is 0 Å². The minimum absolute atomic E-state index is 0.0104. The summed E-state index contributed by atoms with van der Waals surface area (Å²) < 4.78 is 5.82. The maximum Gasteiger partial charge on any atom is 0.189 e. The Balaban J connectivity index is 1.32. The van der Waals surface area contributed by atoms with Crippen molar-refractivity contribution >= 4 is 17.5 Å². The number of aromatic nitrogens is 2. The van der Waals surface area contributed by atoms with Gasteiger partial charge in [-0.3, -0.25) is 4.79 Å². The van der Waals surface area contributed by atoms with Crippen LogP contribution in [0.4, 0.5) is 0 Å². The van der Waals surface area contributed by atoms with Crippen molar-refractivity contribution in [1.82, 2.24) is 9.97 Å². The van der Waals surface area contributed by atoms with Gasteiger partial charge in [0.2, 0.25) is 0 Å². The number of thioether (sulfide) groups is 1. The highest BCUT2D eigenvalue weighted by Crippen LogP contribution is 2.28. The van der Waals surface area contributed by atoms with Crippen LogP contribution in [-0.4, -0.2) is 21.5 Å². The van der Waals surface area contributed by atoms with E-state index in [0.29, 0.717) is 16.5 Å². The molecule has 5 aromatic rings. The summed E-state index contributed by atoms with van der Waals surface area (Å²) in [5, 5.41) is 0.572. The first-order valence-corrected chi connectivity index (χ1v) is 12.2. The monoisotopic (exact) mass is 474 g/mol. The summed E-state index contributed by atoms with van der Waals surface area (Å²) in [6.07, 6.45) is 0. The van der Waals surface area contributed by atoms with Crippen molar-refractivity contribution in [3.8, 4) is 34.0 Å². The zero-order valence-electron chi connectivity index (χ0n) is 18.9. The number of ether oxygens (including phenoxy) is 1. The average Bonchev–Trinajstić information content (AvgIpc) is 2.93. The fourth-order valence-electron chi connectivity index (χ4n) is 3.55. The van der Waals surface area contributed by atoms with Crippen molar-refractivity contribution in [2.24, 2.45) is 0 Å². The summed E-state index contributed by atoms with van der Waals surface area (Å²) in [4.78, 5) is 22.4. The first-order valence-electron chi connectivity index (χ1n) is 11.2. The van der Waals surface area contributed by atoms with Gasteiger partial charge in [-0.15, -0.1) is 0 Å². The Kier molecular flexibility index (Phi) is 6.97. The number of rotatable bonds is 8. The van der Waals surface area contributed by atoms with Gasteiger partial charge < -0.3 is 4.74 Å². The number of hydrogen-bond donors (Lipinski definition) is 0. The number of carbonyl (C=O) groups is 1. The molecule has 0 spiro atoms. The topological polar surface area (TPSA) is 52.1 Å². The van der Waals surface area contributed by atoms with E-state index in [1.54, 1.807) is 12.1 Å². The summed E-state index contributed by atoms with van der Waals surface area (Å²) in [7, 11) is 0. The van der Waals surface area contributed by atoms with E-state index in [2.05, 4.69) is 0 Å². The number of para-hydroxylation sites is 1. The average molecular weight is 475 g/mol. The van der Waals surface area contributed by atoms with Gasteiger partial charge in [-0.25, -0.2) is 9.97 Å². The molecule has 35 heavy (non-hydrogen) atoms. The Hall–Kier alpha value is -4.22. The van der Waals surface area contributed by atoms with Crippen LogP contribution in [0.25, 0.3) is 22.5 Å². The minimum Gasteiger partial charge on any atom is -0.457 e. The van der Waals surface area contributed by atoms with E-state index in [-0.39, 0.29) is 11.5 Å². The predicted octanol–water partition coefficient (Wildman–Crippen LogP) is 7.58. The molecule has 0 aliphatic heterocycles. The first kappa shape index (κ1) is 22.6. The maximum atomic E-state index is 12.9. The summed E-state index contributed by atoms with van der Waals surface area (Å²) in [5.74, 6) is 1.69. The van der Waals surface area contributed by atoms with E-state index in [0.717, 1.165) is 28.3 Å². The lowest BCUT2D eigenvalue weighted by molar-refractivity contribution is 0.102. The second kappa shape index (κ2) is 10.8. The molecule has 1 aromatic heterocycles. The van der Waals surface area contributed by atoms with Crippen LogP contribution < -0.4 is 4.74 Å². The molecule has 0 saturated carbocycles. The molecule has 0 radical (unpaired) electrons. The van der Waals surface area contributed by atoms with Crippen LogP contribution in [-0.2, 0) is 0 Å². The molecule has 170 valence electrons. The van der Waals surface area contributed by atoms with Crippen molar-refractivity contribution in [3.05, 3.63) is 127 Å². The SMILES string of the molecule is O=C(CSc1nc(-c2ccccc2)cc(-c2ccccc2)n1)c1ccc(Oc2ccccc2)cc1. The van der Waals surface area contributed by atoms with Gasteiger partial charge in [0.05, 0.1) is 17.1 Å². The molecule has 0 fully saturated rings.